The maximum absolute atomic E-state index is 12.9. The van der Waals surface area contributed by atoms with Gasteiger partial charge < -0.3 is 14.8 Å². The molecule has 0 aliphatic carbocycles. The number of nitrogens with zero attached hydrogens (tertiary/aromatic N) is 1. The molecule has 0 spiro atoms. The Morgan fingerprint density at radius 1 is 0.973 bits per heavy atom. The first-order chi connectivity index (χ1) is 17.8. The van der Waals surface area contributed by atoms with E-state index in [1.165, 1.54) is 37.5 Å². The maximum atomic E-state index is 12.9. The van der Waals surface area contributed by atoms with Crippen molar-refractivity contribution in [3.05, 3.63) is 77.9 Å². The highest BCUT2D eigenvalue weighted by Crippen LogP contribution is 2.31. The van der Waals surface area contributed by atoms with Crippen molar-refractivity contribution in [1.82, 2.24) is 4.90 Å². The van der Waals surface area contributed by atoms with Crippen LogP contribution in [0.2, 0.25) is 0 Å². The fourth-order valence-electron chi connectivity index (χ4n) is 4.47. The zero-order chi connectivity index (χ0) is 26.4. The summed E-state index contributed by atoms with van der Waals surface area (Å²) in [5.74, 6) is 0.793. The number of carbonyl (C=O) groups is 1. The normalized spacial score (nSPS) is 14.7. The molecule has 0 saturated carbocycles. The van der Waals surface area contributed by atoms with E-state index in [0.717, 1.165) is 32.5 Å². The van der Waals surface area contributed by atoms with Crippen LogP contribution in [-0.4, -0.2) is 46.5 Å². The van der Waals surface area contributed by atoms with E-state index in [4.69, 9.17) is 9.47 Å². The van der Waals surface area contributed by atoms with Crippen molar-refractivity contribution < 1.29 is 22.7 Å². The lowest BCUT2D eigenvalue weighted by Gasteiger charge is -2.31. The number of nitrogens with one attached hydrogen (secondary N) is 2. The molecule has 196 valence electrons. The molecule has 1 amide bonds. The first kappa shape index (κ1) is 26.5. The van der Waals surface area contributed by atoms with Crippen LogP contribution in [0.4, 0.5) is 11.4 Å². The van der Waals surface area contributed by atoms with Gasteiger partial charge in [-0.25, -0.2) is 8.42 Å². The lowest BCUT2D eigenvalue weighted by molar-refractivity contribution is -0.121. The highest BCUT2D eigenvalue weighted by Gasteiger charge is 2.25. The van der Waals surface area contributed by atoms with Gasteiger partial charge in [0.1, 0.15) is 11.5 Å². The van der Waals surface area contributed by atoms with Gasteiger partial charge >= 0.3 is 0 Å². The van der Waals surface area contributed by atoms with Crippen molar-refractivity contribution in [3.8, 4) is 11.5 Å². The number of aryl methyl sites for hydroxylation is 1. The monoisotopic (exact) mass is 523 g/mol. The molecule has 1 saturated heterocycles. The van der Waals surface area contributed by atoms with Gasteiger partial charge in [0.2, 0.25) is 5.91 Å². The summed E-state index contributed by atoms with van der Waals surface area (Å²) >= 11 is 0. The molecule has 9 heteroatoms. The molecule has 0 radical (unpaired) electrons. The summed E-state index contributed by atoms with van der Waals surface area (Å²) in [7, 11) is -0.876. The van der Waals surface area contributed by atoms with Gasteiger partial charge in [0.15, 0.2) is 0 Å². The molecule has 2 N–H and O–H groups in total. The first-order valence-corrected chi connectivity index (χ1v) is 13.7. The molecule has 0 unspecified atom stereocenters. The van der Waals surface area contributed by atoms with Crippen LogP contribution in [0.25, 0.3) is 0 Å². The van der Waals surface area contributed by atoms with E-state index < -0.39 is 10.0 Å². The summed E-state index contributed by atoms with van der Waals surface area (Å²) < 4.78 is 38.8. The van der Waals surface area contributed by atoms with E-state index >= 15 is 0 Å². The number of anilines is 2. The summed E-state index contributed by atoms with van der Waals surface area (Å²) in [6, 6.07) is 19.5. The second-order valence-corrected chi connectivity index (χ2v) is 10.9. The molecule has 8 nitrogen and oxygen atoms in total. The summed E-state index contributed by atoms with van der Waals surface area (Å²) in [6.07, 6.45) is 1.58. The minimum atomic E-state index is -3.86. The lowest BCUT2D eigenvalue weighted by Crippen LogP contribution is -2.37. The molecule has 4 rings (SSSR count). The summed E-state index contributed by atoms with van der Waals surface area (Å²) in [4.78, 5) is 15.3. The second kappa shape index (κ2) is 11.7. The molecule has 0 atom stereocenters. The van der Waals surface area contributed by atoms with E-state index in [1.807, 2.05) is 0 Å². The van der Waals surface area contributed by atoms with E-state index in [9.17, 15) is 13.2 Å². The lowest BCUT2D eigenvalue weighted by atomic mass is 9.95. The third-order valence-corrected chi connectivity index (χ3v) is 7.91. The molecule has 1 aliphatic rings. The topological polar surface area (TPSA) is 97.0 Å². The van der Waals surface area contributed by atoms with Gasteiger partial charge in [0, 0.05) is 24.2 Å². The number of sulfonamides is 1. The van der Waals surface area contributed by atoms with Crippen LogP contribution in [0.5, 0.6) is 11.5 Å². The number of likely N-dealkylation sites (tertiary alicyclic amines) is 1. The smallest absolute Gasteiger partial charge is 0.262 e. The third-order valence-electron chi connectivity index (χ3n) is 6.53. The van der Waals surface area contributed by atoms with Crippen LogP contribution in [0.1, 0.15) is 24.0 Å². The number of hydrogen-bond acceptors (Lipinski definition) is 6. The molecule has 0 aromatic heterocycles. The molecular formula is C28H33N3O5S. The predicted octanol–water partition coefficient (Wildman–Crippen LogP) is 4.66. The third kappa shape index (κ3) is 6.81. The van der Waals surface area contributed by atoms with Crippen LogP contribution < -0.4 is 19.5 Å². The van der Waals surface area contributed by atoms with Crippen LogP contribution >= 0.6 is 0 Å². The molecule has 1 heterocycles. The zero-order valence-corrected chi connectivity index (χ0v) is 22.2. The Morgan fingerprint density at radius 2 is 1.70 bits per heavy atom. The minimum Gasteiger partial charge on any atom is -0.497 e. The van der Waals surface area contributed by atoms with Gasteiger partial charge in [0.25, 0.3) is 10.0 Å². The highest BCUT2D eigenvalue weighted by molar-refractivity contribution is 7.92. The highest BCUT2D eigenvalue weighted by atomic mass is 32.2. The van der Waals surface area contributed by atoms with Gasteiger partial charge in [-0.15, -0.1) is 0 Å². The Kier molecular flexibility index (Phi) is 8.35. The van der Waals surface area contributed by atoms with E-state index in [1.54, 1.807) is 30.3 Å². The molecule has 37 heavy (non-hydrogen) atoms. The van der Waals surface area contributed by atoms with Gasteiger partial charge in [-0.05, 0) is 74.8 Å². The van der Waals surface area contributed by atoms with Crippen molar-refractivity contribution in [1.29, 1.82) is 0 Å². The van der Waals surface area contributed by atoms with Crippen molar-refractivity contribution >= 4 is 27.3 Å². The van der Waals surface area contributed by atoms with Gasteiger partial charge in [-0.1, -0.05) is 29.8 Å². The van der Waals surface area contributed by atoms with Crippen LogP contribution in [0.15, 0.2) is 71.6 Å². The van der Waals surface area contributed by atoms with Gasteiger partial charge in [-0.2, -0.15) is 0 Å². The fourth-order valence-corrected chi connectivity index (χ4v) is 5.54. The van der Waals surface area contributed by atoms with Gasteiger partial charge in [0.05, 0.1) is 24.8 Å². The molecule has 0 bridgehead atoms. The summed E-state index contributed by atoms with van der Waals surface area (Å²) in [6.45, 7) is 4.71. The van der Waals surface area contributed by atoms with Gasteiger partial charge in [-0.3, -0.25) is 14.4 Å². The maximum Gasteiger partial charge on any atom is 0.262 e. The quantitative estimate of drug-likeness (QED) is 0.423. The number of amides is 1. The molecule has 3 aromatic carbocycles. The summed E-state index contributed by atoms with van der Waals surface area (Å²) in [5, 5.41) is 2.94. The minimum absolute atomic E-state index is 0.0353. The number of methoxy groups -OCH3 is 2. The Bertz CT molecular complexity index is 1330. The number of rotatable bonds is 9. The number of piperidine rings is 1. The molecule has 1 fully saturated rings. The van der Waals surface area contributed by atoms with Crippen molar-refractivity contribution in [2.24, 2.45) is 5.92 Å². The Morgan fingerprint density at radius 3 is 2.35 bits per heavy atom. The summed E-state index contributed by atoms with van der Waals surface area (Å²) in [5.41, 5.74) is 3.40. The van der Waals surface area contributed by atoms with Crippen molar-refractivity contribution in [3.63, 3.8) is 0 Å². The van der Waals surface area contributed by atoms with E-state index in [2.05, 4.69) is 46.1 Å². The number of benzene rings is 3. The first-order valence-electron chi connectivity index (χ1n) is 12.2. The standard InChI is InChI=1S/C28H33N3O5S/c1-20-5-4-6-21(17-20)19-31-15-13-22(14-16-31)28(32)29-23-7-10-25(11-8-23)37(33,34)30-26-12-9-24(35-2)18-27(26)36-3/h4-12,17-18,22,30H,13-16,19H2,1-3H3,(H,29,32). The zero-order valence-electron chi connectivity index (χ0n) is 21.4. The second-order valence-electron chi connectivity index (χ2n) is 9.22. The number of ether oxygens (including phenoxy) is 2. The SMILES string of the molecule is COc1ccc(NS(=O)(=O)c2ccc(NC(=O)C3CCN(Cc4cccc(C)c4)CC3)cc2)c(OC)c1. The number of carbonyl (C=O) groups excluding carboxylic acids is 1. The largest absolute Gasteiger partial charge is 0.497 e. The Balaban J connectivity index is 1.32. The van der Waals surface area contributed by atoms with Crippen LogP contribution in [0, 0.1) is 12.8 Å². The predicted molar refractivity (Wildman–Crippen MR) is 145 cm³/mol. The van der Waals surface area contributed by atoms with E-state index in [-0.39, 0.29) is 16.7 Å². The Labute approximate surface area is 218 Å². The average molecular weight is 524 g/mol. The fraction of sp³-hybridized carbons (Fsp3) is 0.321. The number of hydrogen-bond donors (Lipinski definition) is 2. The molecular weight excluding hydrogens is 490 g/mol. The van der Waals surface area contributed by atoms with Crippen LogP contribution in [-0.2, 0) is 21.4 Å². The van der Waals surface area contributed by atoms with E-state index in [0.29, 0.717) is 22.9 Å². The molecule has 3 aromatic rings. The van der Waals surface area contributed by atoms with Crippen LogP contribution in [0.3, 0.4) is 0 Å². The molecule has 1 aliphatic heterocycles. The van der Waals surface area contributed by atoms with Crippen molar-refractivity contribution in [2.45, 2.75) is 31.2 Å². The average Bonchev–Trinajstić information content (AvgIpc) is 2.89. The Hall–Kier alpha value is -3.56. The van der Waals surface area contributed by atoms with Crippen molar-refractivity contribution in [2.75, 3.05) is 37.3 Å².